The molecule has 1 atom stereocenters. The maximum atomic E-state index is 13.9. The fraction of sp³-hybridized carbons (Fsp3) is 0.385. The van der Waals surface area contributed by atoms with Crippen molar-refractivity contribution in [1.29, 1.82) is 0 Å². The summed E-state index contributed by atoms with van der Waals surface area (Å²) in [5, 5.41) is 10.6. The Morgan fingerprint density at radius 1 is 1.47 bits per heavy atom. The zero-order valence-corrected chi connectivity index (χ0v) is 11.2. The molecule has 19 heavy (non-hydrogen) atoms. The van der Waals surface area contributed by atoms with Gasteiger partial charge in [-0.25, -0.2) is 4.39 Å². The summed E-state index contributed by atoms with van der Waals surface area (Å²) in [7, 11) is 3.62. The van der Waals surface area contributed by atoms with E-state index in [4.69, 9.17) is 4.74 Å². The van der Waals surface area contributed by atoms with Gasteiger partial charge in [-0.3, -0.25) is 0 Å². The molecule has 0 bridgehead atoms. The van der Waals surface area contributed by atoms with Crippen LogP contribution in [0.15, 0.2) is 24.5 Å². The zero-order valence-electron chi connectivity index (χ0n) is 11.2. The molecule has 0 radical (unpaired) electrons. The lowest BCUT2D eigenvalue weighted by Crippen LogP contribution is -2.13. The van der Waals surface area contributed by atoms with Crippen LogP contribution in [0.3, 0.4) is 0 Å². The highest BCUT2D eigenvalue weighted by atomic mass is 19.1. The Kier molecular flexibility index (Phi) is 4.11. The highest BCUT2D eigenvalue weighted by Gasteiger charge is 2.10. The highest BCUT2D eigenvalue weighted by molar-refractivity contribution is 5.30. The molecule has 1 N–H and O–H groups in total. The maximum Gasteiger partial charge on any atom is 0.170 e. The van der Waals surface area contributed by atoms with E-state index in [2.05, 4.69) is 15.5 Å². The van der Waals surface area contributed by atoms with Crippen molar-refractivity contribution in [1.82, 2.24) is 20.1 Å². The lowest BCUT2D eigenvalue weighted by Gasteiger charge is -2.13. The summed E-state index contributed by atoms with van der Waals surface area (Å²) in [4.78, 5) is 0. The van der Waals surface area contributed by atoms with Gasteiger partial charge in [-0.15, -0.1) is 10.2 Å². The van der Waals surface area contributed by atoms with Crippen LogP contribution in [-0.2, 0) is 13.7 Å². The van der Waals surface area contributed by atoms with Crippen LogP contribution in [0.2, 0.25) is 0 Å². The molecule has 0 amide bonds. The van der Waals surface area contributed by atoms with E-state index in [0.29, 0.717) is 17.1 Å². The minimum Gasteiger partial charge on any atom is -0.486 e. The monoisotopic (exact) mass is 264 g/mol. The Morgan fingerprint density at radius 3 is 2.84 bits per heavy atom. The molecule has 0 aliphatic rings. The molecule has 0 saturated heterocycles. The third kappa shape index (κ3) is 3.08. The quantitative estimate of drug-likeness (QED) is 0.895. The van der Waals surface area contributed by atoms with Crippen LogP contribution >= 0.6 is 0 Å². The number of aryl methyl sites for hydroxylation is 1. The molecule has 1 aromatic carbocycles. The van der Waals surface area contributed by atoms with Gasteiger partial charge >= 0.3 is 0 Å². The van der Waals surface area contributed by atoms with E-state index in [1.165, 1.54) is 6.07 Å². The van der Waals surface area contributed by atoms with E-state index >= 15 is 0 Å². The summed E-state index contributed by atoms with van der Waals surface area (Å²) in [5.41, 5.74) is 0.619. The number of nitrogens with zero attached hydrogens (tertiary/aromatic N) is 3. The highest BCUT2D eigenvalue weighted by Crippen LogP contribution is 2.22. The minimum absolute atomic E-state index is 0.0345. The van der Waals surface area contributed by atoms with Gasteiger partial charge in [0.1, 0.15) is 24.5 Å². The normalized spacial score (nSPS) is 12.4. The van der Waals surface area contributed by atoms with Crippen LogP contribution in [0, 0.1) is 5.82 Å². The number of hydrogen-bond acceptors (Lipinski definition) is 4. The van der Waals surface area contributed by atoms with Gasteiger partial charge in [0.25, 0.3) is 0 Å². The van der Waals surface area contributed by atoms with E-state index in [1.807, 2.05) is 14.0 Å². The number of halogens is 1. The molecule has 0 aliphatic carbocycles. The van der Waals surface area contributed by atoms with E-state index in [-0.39, 0.29) is 18.5 Å². The lowest BCUT2D eigenvalue weighted by atomic mass is 10.1. The number of rotatable bonds is 5. The second-order valence-corrected chi connectivity index (χ2v) is 4.34. The van der Waals surface area contributed by atoms with Crippen LogP contribution in [0.25, 0.3) is 0 Å². The largest absolute Gasteiger partial charge is 0.486 e. The summed E-state index contributed by atoms with van der Waals surface area (Å²) >= 11 is 0. The molecule has 0 spiro atoms. The van der Waals surface area contributed by atoms with Gasteiger partial charge in [0.15, 0.2) is 5.82 Å². The number of ether oxygens (including phenoxy) is 1. The van der Waals surface area contributed by atoms with Crippen molar-refractivity contribution < 1.29 is 9.13 Å². The van der Waals surface area contributed by atoms with Crippen molar-refractivity contribution in [3.05, 3.63) is 41.7 Å². The Morgan fingerprint density at radius 2 is 2.26 bits per heavy atom. The topological polar surface area (TPSA) is 52.0 Å². The van der Waals surface area contributed by atoms with Crippen molar-refractivity contribution in [2.45, 2.75) is 19.6 Å². The SMILES string of the molecule is CNC(C)c1ccc(OCc2nncn2C)cc1F. The first-order valence-electron chi connectivity index (χ1n) is 6.04. The Bertz CT molecular complexity index is 555. The predicted octanol–water partition coefficient (Wildman–Crippen LogP) is 1.81. The van der Waals surface area contributed by atoms with Crippen molar-refractivity contribution in [3.63, 3.8) is 0 Å². The third-order valence-electron chi connectivity index (χ3n) is 3.04. The summed E-state index contributed by atoms with van der Waals surface area (Å²) in [6.45, 7) is 2.16. The number of benzene rings is 1. The van der Waals surface area contributed by atoms with Crippen LogP contribution in [0.4, 0.5) is 4.39 Å². The summed E-state index contributed by atoms with van der Waals surface area (Å²) in [6.07, 6.45) is 1.59. The van der Waals surface area contributed by atoms with Gasteiger partial charge in [-0.05, 0) is 20.0 Å². The smallest absolute Gasteiger partial charge is 0.170 e. The van der Waals surface area contributed by atoms with E-state index in [9.17, 15) is 4.39 Å². The third-order valence-corrected chi connectivity index (χ3v) is 3.04. The number of aromatic nitrogens is 3. The second-order valence-electron chi connectivity index (χ2n) is 4.34. The van der Waals surface area contributed by atoms with Gasteiger partial charge < -0.3 is 14.6 Å². The Labute approximate surface area is 111 Å². The van der Waals surface area contributed by atoms with Crippen molar-refractivity contribution in [2.24, 2.45) is 7.05 Å². The molecule has 1 aromatic heterocycles. The second kappa shape index (κ2) is 5.79. The molecular weight excluding hydrogens is 247 g/mol. The molecule has 5 nitrogen and oxygen atoms in total. The predicted molar refractivity (Wildman–Crippen MR) is 69.2 cm³/mol. The van der Waals surface area contributed by atoms with E-state index in [0.717, 1.165) is 0 Å². The van der Waals surface area contributed by atoms with Crippen LogP contribution in [0.1, 0.15) is 24.4 Å². The van der Waals surface area contributed by atoms with Crippen LogP contribution < -0.4 is 10.1 Å². The first-order valence-corrected chi connectivity index (χ1v) is 6.04. The van der Waals surface area contributed by atoms with Crippen LogP contribution in [-0.4, -0.2) is 21.8 Å². The molecule has 0 fully saturated rings. The average Bonchev–Trinajstić information content (AvgIpc) is 2.81. The van der Waals surface area contributed by atoms with Gasteiger partial charge in [-0.1, -0.05) is 6.07 Å². The molecule has 102 valence electrons. The standard InChI is InChI=1S/C13H17FN4O/c1-9(15-2)11-5-4-10(6-12(11)14)19-7-13-17-16-8-18(13)3/h4-6,8-9,15H,7H2,1-3H3. The van der Waals surface area contributed by atoms with Gasteiger partial charge in [0, 0.05) is 24.7 Å². The molecule has 6 heteroatoms. The fourth-order valence-electron chi connectivity index (χ4n) is 1.69. The van der Waals surface area contributed by atoms with Crippen molar-refractivity contribution in [3.8, 4) is 5.75 Å². The Hall–Kier alpha value is -1.95. The zero-order chi connectivity index (χ0) is 13.8. The molecule has 0 saturated carbocycles. The van der Waals surface area contributed by atoms with E-state index in [1.54, 1.807) is 30.1 Å². The average molecular weight is 264 g/mol. The van der Waals surface area contributed by atoms with Gasteiger partial charge in [0.05, 0.1) is 0 Å². The van der Waals surface area contributed by atoms with Crippen molar-refractivity contribution in [2.75, 3.05) is 7.05 Å². The number of hydrogen-bond donors (Lipinski definition) is 1. The first-order chi connectivity index (χ1) is 9.11. The van der Waals surface area contributed by atoms with Gasteiger partial charge in [0.2, 0.25) is 0 Å². The lowest BCUT2D eigenvalue weighted by molar-refractivity contribution is 0.289. The van der Waals surface area contributed by atoms with Gasteiger partial charge in [-0.2, -0.15) is 0 Å². The molecule has 1 unspecified atom stereocenters. The molecular formula is C13H17FN4O. The first kappa shape index (κ1) is 13.5. The molecule has 2 rings (SSSR count). The molecule has 0 aliphatic heterocycles. The fourth-order valence-corrected chi connectivity index (χ4v) is 1.69. The maximum absolute atomic E-state index is 13.9. The summed E-state index contributed by atoms with van der Waals surface area (Å²) < 4.78 is 21.1. The molecule has 1 heterocycles. The number of nitrogens with one attached hydrogen (secondary N) is 1. The van der Waals surface area contributed by atoms with Crippen molar-refractivity contribution >= 4 is 0 Å². The Balaban J connectivity index is 2.06. The summed E-state index contributed by atoms with van der Waals surface area (Å²) in [5.74, 6) is 0.887. The van der Waals surface area contributed by atoms with E-state index < -0.39 is 0 Å². The minimum atomic E-state index is -0.280. The van der Waals surface area contributed by atoms with Crippen LogP contribution in [0.5, 0.6) is 5.75 Å². The summed E-state index contributed by atoms with van der Waals surface area (Å²) in [6, 6.07) is 4.83. The molecule has 2 aromatic rings.